The topological polar surface area (TPSA) is 40.5 Å². The standard InChI is InChI=1S/C14H25NO2S/c1-14(2)6-4-3-5-12(14)15-7-8-18-10-11(15)9-13(16)17/h11-12H,3-10H2,1-2H3,(H,16,17). The summed E-state index contributed by atoms with van der Waals surface area (Å²) < 4.78 is 0. The minimum atomic E-state index is -0.652. The molecule has 1 aliphatic carbocycles. The van der Waals surface area contributed by atoms with E-state index in [1.807, 2.05) is 11.8 Å². The van der Waals surface area contributed by atoms with Crippen LogP contribution in [0.4, 0.5) is 0 Å². The second kappa shape index (κ2) is 5.83. The molecule has 18 heavy (non-hydrogen) atoms. The molecule has 0 amide bonds. The van der Waals surface area contributed by atoms with Crippen LogP contribution in [0, 0.1) is 5.41 Å². The molecule has 1 saturated carbocycles. The van der Waals surface area contributed by atoms with Gasteiger partial charge in [-0.3, -0.25) is 9.69 Å². The molecule has 0 radical (unpaired) electrons. The monoisotopic (exact) mass is 271 g/mol. The Morgan fingerprint density at radius 3 is 2.89 bits per heavy atom. The molecule has 1 aliphatic heterocycles. The van der Waals surface area contributed by atoms with Crippen LogP contribution >= 0.6 is 11.8 Å². The third kappa shape index (κ3) is 3.21. The highest BCUT2D eigenvalue weighted by atomic mass is 32.2. The van der Waals surface area contributed by atoms with E-state index in [2.05, 4.69) is 18.7 Å². The van der Waals surface area contributed by atoms with Crippen molar-refractivity contribution in [1.82, 2.24) is 4.90 Å². The molecule has 0 aromatic heterocycles. The number of thioether (sulfide) groups is 1. The summed E-state index contributed by atoms with van der Waals surface area (Å²) in [4.78, 5) is 13.5. The molecule has 1 N–H and O–H groups in total. The van der Waals surface area contributed by atoms with Crippen molar-refractivity contribution in [3.05, 3.63) is 0 Å². The van der Waals surface area contributed by atoms with Crippen LogP contribution < -0.4 is 0 Å². The minimum absolute atomic E-state index is 0.239. The fourth-order valence-electron chi connectivity index (χ4n) is 3.55. The fraction of sp³-hybridized carbons (Fsp3) is 0.929. The summed E-state index contributed by atoms with van der Waals surface area (Å²) in [5, 5.41) is 9.08. The Bertz CT molecular complexity index is 306. The molecule has 104 valence electrons. The molecule has 0 spiro atoms. The van der Waals surface area contributed by atoms with Crippen LogP contribution in [-0.4, -0.2) is 46.1 Å². The first-order valence-electron chi connectivity index (χ1n) is 7.06. The summed E-state index contributed by atoms with van der Waals surface area (Å²) >= 11 is 1.91. The molecule has 2 fully saturated rings. The Kier molecular flexibility index (Phi) is 4.59. The third-order valence-electron chi connectivity index (χ3n) is 4.53. The molecule has 2 unspecified atom stereocenters. The molecule has 2 rings (SSSR count). The van der Waals surface area contributed by atoms with Crippen LogP contribution in [0.25, 0.3) is 0 Å². The van der Waals surface area contributed by atoms with Gasteiger partial charge in [0, 0.05) is 30.1 Å². The lowest BCUT2D eigenvalue weighted by Crippen LogP contribution is -2.55. The Morgan fingerprint density at radius 1 is 1.44 bits per heavy atom. The maximum Gasteiger partial charge on any atom is 0.304 e. The van der Waals surface area contributed by atoms with E-state index in [-0.39, 0.29) is 6.04 Å². The quantitative estimate of drug-likeness (QED) is 0.857. The molecule has 0 aromatic rings. The van der Waals surface area contributed by atoms with Gasteiger partial charge in [0.1, 0.15) is 0 Å². The second-order valence-electron chi connectivity index (χ2n) is 6.31. The largest absolute Gasteiger partial charge is 0.481 e. The number of hydrogen-bond acceptors (Lipinski definition) is 3. The van der Waals surface area contributed by atoms with Crippen molar-refractivity contribution in [2.24, 2.45) is 5.41 Å². The Labute approximate surface area is 114 Å². The molecule has 0 bridgehead atoms. The van der Waals surface area contributed by atoms with Gasteiger partial charge in [0.2, 0.25) is 0 Å². The molecule has 4 heteroatoms. The van der Waals surface area contributed by atoms with Crippen molar-refractivity contribution >= 4 is 17.7 Å². The van der Waals surface area contributed by atoms with E-state index < -0.39 is 5.97 Å². The van der Waals surface area contributed by atoms with Gasteiger partial charge in [-0.2, -0.15) is 11.8 Å². The second-order valence-corrected chi connectivity index (χ2v) is 7.46. The smallest absolute Gasteiger partial charge is 0.304 e. The van der Waals surface area contributed by atoms with E-state index in [9.17, 15) is 4.79 Å². The number of aliphatic carboxylic acids is 1. The lowest BCUT2D eigenvalue weighted by Gasteiger charge is -2.49. The van der Waals surface area contributed by atoms with Gasteiger partial charge in [0.05, 0.1) is 6.42 Å². The van der Waals surface area contributed by atoms with Crippen molar-refractivity contribution < 1.29 is 9.90 Å². The number of nitrogens with zero attached hydrogens (tertiary/aromatic N) is 1. The van der Waals surface area contributed by atoms with Gasteiger partial charge in [-0.1, -0.05) is 26.7 Å². The van der Waals surface area contributed by atoms with Gasteiger partial charge in [-0.05, 0) is 18.3 Å². The number of carboxylic acids is 1. The van der Waals surface area contributed by atoms with E-state index in [1.54, 1.807) is 0 Å². The van der Waals surface area contributed by atoms with E-state index in [4.69, 9.17) is 5.11 Å². The number of carbonyl (C=O) groups is 1. The maximum atomic E-state index is 11.0. The number of rotatable bonds is 3. The van der Waals surface area contributed by atoms with Crippen LogP contribution in [0.3, 0.4) is 0 Å². The molecule has 1 saturated heterocycles. The average Bonchev–Trinajstić information content (AvgIpc) is 2.29. The van der Waals surface area contributed by atoms with Gasteiger partial charge >= 0.3 is 5.97 Å². The first-order chi connectivity index (χ1) is 8.50. The van der Waals surface area contributed by atoms with Crippen molar-refractivity contribution in [2.45, 2.75) is 58.0 Å². The van der Waals surface area contributed by atoms with Crippen LogP contribution in [-0.2, 0) is 4.79 Å². The summed E-state index contributed by atoms with van der Waals surface area (Å²) in [6.45, 7) is 5.78. The zero-order valence-corrected chi connectivity index (χ0v) is 12.3. The van der Waals surface area contributed by atoms with Crippen molar-refractivity contribution in [3.8, 4) is 0 Å². The highest BCUT2D eigenvalue weighted by Crippen LogP contribution is 2.40. The lowest BCUT2D eigenvalue weighted by molar-refractivity contribution is -0.138. The van der Waals surface area contributed by atoms with Gasteiger partial charge in [-0.15, -0.1) is 0 Å². The van der Waals surface area contributed by atoms with E-state index >= 15 is 0 Å². The van der Waals surface area contributed by atoms with Gasteiger partial charge in [-0.25, -0.2) is 0 Å². The van der Waals surface area contributed by atoms with Gasteiger partial charge in [0.15, 0.2) is 0 Å². The van der Waals surface area contributed by atoms with Crippen LogP contribution in [0.1, 0.15) is 46.0 Å². The normalized spacial score (nSPS) is 33.2. The minimum Gasteiger partial charge on any atom is -0.481 e. The van der Waals surface area contributed by atoms with Crippen molar-refractivity contribution in [3.63, 3.8) is 0 Å². The highest BCUT2D eigenvalue weighted by molar-refractivity contribution is 7.99. The van der Waals surface area contributed by atoms with E-state index in [1.165, 1.54) is 25.7 Å². The number of hydrogen-bond donors (Lipinski definition) is 1. The predicted octanol–water partition coefficient (Wildman–Crippen LogP) is 2.85. The van der Waals surface area contributed by atoms with Crippen molar-refractivity contribution in [1.29, 1.82) is 0 Å². The first kappa shape index (κ1) is 14.2. The highest BCUT2D eigenvalue weighted by Gasteiger charge is 2.40. The molecular weight excluding hydrogens is 246 g/mol. The van der Waals surface area contributed by atoms with Gasteiger partial charge < -0.3 is 5.11 Å². The maximum absolute atomic E-state index is 11.0. The Morgan fingerprint density at radius 2 is 2.22 bits per heavy atom. The zero-order chi connectivity index (χ0) is 13.2. The Balaban J connectivity index is 2.09. The number of carboxylic acid groups (broad SMARTS) is 1. The fourth-order valence-corrected chi connectivity index (χ4v) is 4.63. The van der Waals surface area contributed by atoms with Gasteiger partial charge in [0.25, 0.3) is 0 Å². The molecule has 3 nitrogen and oxygen atoms in total. The lowest BCUT2D eigenvalue weighted by atomic mass is 9.72. The average molecular weight is 271 g/mol. The van der Waals surface area contributed by atoms with E-state index in [0.717, 1.165) is 18.1 Å². The summed E-state index contributed by atoms with van der Waals surface area (Å²) in [5.74, 6) is 1.49. The summed E-state index contributed by atoms with van der Waals surface area (Å²) in [7, 11) is 0. The molecule has 0 aromatic carbocycles. The predicted molar refractivity (Wildman–Crippen MR) is 76.1 cm³/mol. The van der Waals surface area contributed by atoms with Crippen LogP contribution in [0.2, 0.25) is 0 Å². The first-order valence-corrected chi connectivity index (χ1v) is 8.21. The summed E-state index contributed by atoms with van der Waals surface area (Å²) in [6, 6.07) is 0.820. The van der Waals surface area contributed by atoms with Crippen LogP contribution in [0.15, 0.2) is 0 Å². The SMILES string of the molecule is CC1(C)CCCCC1N1CCSCC1CC(=O)O. The summed E-state index contributed by atoms with van der Waals surface area (Å²) in [6.07, 6.45) is 5.46. The van der Waals surface area contributed by atoms with Crippen LogP contribution in [0.5, 0.6) is 0 Å². The molecule has 2 aliphatic rings. The summed E-state index contributed by atoms with van der Waals surface area (Å²) in [5.41, 5.74) is 0.344. The molecule has 2 atom stereocenters. The molecular formula is C14H25NO2S. The molecule has 1 heterocycles. The zero-order valence-electron chi connectivity index (χ0n) is 11.5. The Hall–Kier alpha value is -0.220. The van der Waals surface area contributed by atoms with Crippen molar-refractivity contribution in [2.75, 3.05) is 18.1 Å². The third-order valence-corrected chi connectivity index (χ3v) is 5.63. The van der Waals surface area contributed by atoms with E-state index in [0.29, 0.717) is 17.9 Å².